The lowest BCUT2D eigenvalue weighted by Crippen LogP contribution is -2.03. The van der Waals surface area contributed by atoms with Crippen LogP contribution in [0.3, 0.4) is 0 Å². The van der Waals surface area contributed by atoms with Gasteiger partial charge in [-0.2, -0.15) is 0 Å². The van der Waals surface area contributed by atoms with Crippen molar-refractivity contribution in [1.29, 1.82) is 0 Å². The summed E-state index contributed by atoms with van der Waals surface area (Å²) in [6.45, 7) is 7.30. The molecule has 0 spiro atoms. The Labute approximate surface area is 64.0 Å². The minimum atomic E-state index is 0.727. The molecule has 0 heteroatoms. The Kier molecular flexibility index (Phi) is 1.19. The third-order valence-electron chi connectivity index (χ3n) is 3.91. The highest BCUT2D eigenvalue weighted by Gasteiger charge is 2.58. The standard InChI is InChI=1S/C10H18/c1-7-4-5-8-9(6-7)10(8,2)3/h7-9H,4-6H2,1-3H3. The van der Waals surface area contributed by atoms with Crippen molar-refractivity contribution < 1.29 is 0 Å². The summed E-state index contributed by atoms with van der Waals surface area (Å²) >= 11 is 0. The normalized spacial score (nSPS) is 50.1. The van der Waals surface area contributed by atoms with Gasteiger partial charge in [-0.25, -0.2) is 0 Å². The molecule has 0 amide bonds. The van der Waals surface area contributed by atoms with Gasteiger partial charge in [-0.3, -0.25) is 0 Å². The Hall–Kier alpha value is 0. The molecule has 0 aliphatic heterocycles. The Morgan fingerprint density at radius 3 is 2.30 bits per heavy atom. The summed E-state index contributed by atoms with van der Waals surface area (Å²) in [5.41, 5.74) is 0.727. The maximum absolute atomic E-state index is 2.44. The fraction of sp³-hybridized carbons (Fsp3) is 1.00. The second-order valence-electron chi connectivity index (χ2n) is 4.95. The molecular weight excluding hydrogens is 120 g/mol. The van der Waals surface area contributed by atoms with E-state index in [0.717, 1.165) is 23.2 Å². The van der Waals surface area contributed by atoms with Gasteiger partial charge in [0.15, 0.2) is 0 Å². The molecule has 58 valence electrons. The van der Waals surface area contributed by atoms with Crippen molar-refractivity contribution in [3.8, 4) is 0 Å². The van der Waals surface area contributed by atoms with E-state index in [1.54, 1.807) is 0 Å². The molecule has 0 saturated heterocycles. The highest BCUT2D eigenvalue weighted by Crippen LogP contribution is 2.65. The maximum atomic E-state index is 2.44. The van der Waals surface area contributed by atoms with Crippen LogP contribution < -0.4 is 0 Å². The molecule has 3 atom stereocenters. The summed E-state index contributed by atoms with van der Waals surface area (Å²) in [5.74, 6) is 3.21. The van der Waals surface area contributed by atoms with E-state index < -0.39 is 0 Å². The molecule has 2 saturated carbocycles. The summed E-state index contributed by atoms with van der Waals surface area (Å²) in [5, 5.41) is 0. The summed E-state index contributed by atoms with van der Waals surface area (Å²) in [6, 6.07) is 0. The Balaban J connectivity index is 2.04. The van der Waals surface area contributed by atoms with Gasteiger partial charge in [0.2, 0.25) is 0 Å². The predicted molar refractivity (Wildman–Crippen MR) is 43.8 cm³/mol. The molecule has 0 aromatic rings. The number of hydrogen-bond donors (Lipinski definition) is 0. The summed E-state index contributed by atoms with van der Waals surface area (Å²) in [6.07, 6.45) is 4.51. The van der Waals surface area contributed by atoms with Crippen molar-refractivity contribution in [1.82, 2.24) is 0 Å². The minimum absolute atomic E-state index is 0.727. The Bertz CT molecular complexity index is 146. The first-order valence-corrected chi connectivity index (χ1v) is 4.62. The lowest BCUT2D eigenvalue weighted by molar-refractivity contribution is 0.367. The van der Waals surface area contributed by atoms with Gasteiger partial charge in [0.25, 0.3) is 0 Å². The molecule has 2 rings (SSSR count). The van der Waals surface area contributed by atoms with Crippen molar-refractivity contribution in [2.45, 2.75) is 40.0 Å². The van der Waals surface area contributed by atoms with Crippen LogP contribution in [0.15, 0.2) is 0 Å². The van der Waals surface area contributed by atoms with E-state index in [1.807, 2.05) is 0 Å². The molecule has 0 aromatic carbocycles. The van der Waals surface area contributed by atoms with Gasteiger partial charge in [0.1, 0.15) is 0 Å². The summed E-state index contributed by atoms with van der Waals surface area (Å²) in [7, 11) is 0. The van der Waals surface area contributed by atoms with Gasteiger partial charge in [-0.15, -0.1) is 0 Å². The van der Waals surface area contributed by atoms with E-state index >= 15 is 0 Å². The van der Waals surface area contributed by atoms with Crippen LogP contribution in [-0.4, -0.2) is 0 Å². The van der Waals surface area contributed by atoms with E-state index in [0.29, 0.717) is 0 Å². The molecule has 0 radical (unpaired) electrons. The van der Waals surface area contributed by atoms with Gasteiger partial charge in [-0.05, 0) is 36.0 Å². The second kappa shape index (κ2) is 1.78. The largest absolute Gasteiger partial charge is 0.0625 e. The maximum Gasteiger partial charge on any atom is -0.0292 e. The van der Waals surface area contributed by atoms with Crippen molar-refractivity contribution in [2.24, 2.45) is 23.2 Å². The Morgan fingerprint density at radius 2 is 1.80 bits per heavy atom. The highest BCUT2D eigenvalue weighted by atomic mass is 14.6. The van der Waals surface area contributed by atoms with Gasteiger partial charge < -0.3 is 0 Å². The van der Waals surface area contributed by atoms with E-state index in [2.05, 4.69) is 20.8 Å². The molecule has 0 aromatic heterocycles. The summed E-state index contributed by atoms with van der Waals surface area (Å²) < 4.78 is 0. The Morgan fingerprint density at radius 1 is 1.10 bits per heavy atom. The first kappa shape index (κ1) is 6.69. The van der Waals surface area contributed by atoms with Crippen LogP contribution >= 0.6 is 0 Å². The molecule has 2 aliphatic rings. The van der Waals surface area contributed by atoms with E-state index in [-0.39, 0.29) is 0 Å². The van der Waals surface area contributed by atoms with Crippen LogP contribution in [0.5, 0.6) is 0 Å². The SMILES string of the molecule is CC1CCC2C(C1)C2(C)C. The fourth-order valence-corrected chi connectivity index (χ4v) is 2.91. The molecule has 10 heavy (non-hydrogen) atoms. The zero-order valence-corrected chi connectivity index (χ0v) is 7.35. The summed E-state index contributed by atoms with van der Waals surface area (Å²) in [4.78, 5) is 0. The van der Waals surface area contributed by atoms with Gasteiger partial charge in [-0.1, -0.05) is 27.2 Å². The molecule has 2 fully saturated rings. The predicted octanol–water partition coefficient (Wildman–Crippen LogP) is 3.08. The van der Waals surface area contributed by atoms with Crippen molar-refractivity contribution in [3.05, 3.63) is 0 Å². The van der Waals surface area contributed by atoms with Crippen LogP contribution in [0.1, 0.15) is 40.0 Å². The lowest BCUT2D eigenvalue weighted by Gasteiger charge is -2.15. The quantitative estimate of drug-likeness (QED) is 0.482. The first-order chi connectivity index (χ1) is 4.62. The lowest BCUT2D eigenvalue weighted by atomic mass is 9.91. The third-order valence-corrected chi connectivity index (χ3v) is 3.91. The van der Waals surface area contributed by atoms with E-state index in [9.17, 15) is 0 Å². The first-order valence-electron chi connectivity index (χ1n) is 4.62. The van der Waals surface area contributed by atoms with Crippen LogP contribution in [0, 0.1) is 23.2 Å². The second-order valence-corrected chi connectivity index (χ2v) is 4.95. The average Bonchev–Trinajstić information content (AvgIpc) is 2.36. The fourth-order valence-electron chi connectivity index (χ4n) is 2.91. The van der Waals surface area contributed by atoms with Crippen molar-refractivity contribution in [2.75, 3.05) is 0 Å². The third kappa shape index (κ3) is 0.741. The van der Waals surface area contributed by atoms with E-state index in [4.69, 9.17) is 0 Å². The average molecular weight is 138 g/mol. The smallest absolute Gasteiger partial charge is 0.0292 e. The van der Waals surface area contributed by atoms with Gasteiger partial charge in [0, 0.05) is 0 Å². The van der Waals surface area contributed by atoms with Gasteiger partial charge >= 0.3 is 0 Å². The van der Waals surface area contributed by atoms with Gasteiger partial charge in [0.05, 0.1) is 0 Å². The number of rotatable bonds is 0. The molecule has 0 N–H and O–H groups in total. The minimum Gasteiger partial charge on any atom is -0.0625 e. The van der Waals surface area contributed by atoms with Crippen LogP contribution in [0.4, 0.5) is 0 Å². The molecule has 2 aliphatic carbocycles. The zero-order chi connectivity index (χ0) is 7.35. The zero-order valence-electron chi connectivity index (χ0n) is 7.35. The van der Waals surface area contributed by atoms with Crippen molar-refractivity contribution >= 4 is 0 Å². The highest BCUT2D eigenvalue weighted by molar-refractivity contribution is 5.07. The van der Waals surface area contributed by atoms with Crippen LogP contribution in [0.2, 0.25) is 0 Å². The van der Waals surface area contributed by atoms with Crippen molar-refractivity contribution in [3.63, 3.8) is 0 Å². The van der Waals surface area contributed by atoms with Crippen LogP contribution in [0.25, 0.3) is 0 Å². The molecule has 0 heterocycles. The van der Waals surface area contributed by atoms with E-state index in [1.165, 1.54) is 19.3 Å². The number of hydrogen-bond acceptors (Lipinski definition) is 0. The molecule has 0 nitrogen and oxygen atoms in total. The molecule has 0 bridgehead atoms. The number of fused-ring (bicyclic) bond motifs is 1. The molecular formula is C10H18. The monoisotopic (exact) mass is 138 g/mol. The topological polar surface area (TPSA) is 0 Å². The molecule has 3 unspecified atom stereocenters. The van der Waals surface area contributed by atoms with Crippen LogP contribution in [-0.2, 0) is 0 Å².